The molecule has 1 aromatic rings. The number of aryl methyl sites for hydroxylation is 2. The summed E-state index contributed by atoms with van der Waals surface area (Å²) in [7, 11) is 0. The molecule has 0 heterocycles. The van der Waals surface area contributed by atoms with Crippen LogP contribution in [0, 0.1) is 19.8 Å². The molecule has 1 aromatic carbocycles. The van der Waals surface area contributed by atoms with Gasteiger partial charge in [0.2, 0.25) is 0 Å². The fraction of sp³-hybridized carbons (Fsp3) is 0.600. The summed E-state index contributed by atoms with van der Waals surface area (Å²) >= 11 is 0. The third-order valence-electron chi connectivity index (χ3n) is 3.95. The van der Waals surface area contributed by atoms with Crippen molar-refractivity contribution in [1.82, 2.24) is 0 Å². The zero-order valence-electron chi connectivity index (χ0n) is 10.5. The van der Waals surface area contributed by atoms with Crippen LogP contribution in [-0.2, 0) is 0 Å². The molecule has 1 nitrogen and oxygen atoms in total. The molecular weight excluding hydrogens is 194 g/mol. The highest BCUT2D eigenvalue weighted by atomic mass is 14.7. The Kier molecular flexibility index (Phi) is 3.65. The van der Waals surface area contributed by atoms with E-state index in [1.807, 2.05) is 0 Å². The molecule has 0 amide bonds. The maximum Gasteiger partial charge on any atom is 0.0326 e. The molecule has 88 valence electrons. The van der Waals surface area contributed by atoms with Gasteiger partial charge in [0.1, 0.15) is 0 Å². The number of benzene rings is 1. The van der Waals surface area contributed by atoms with Gasteiger partial charge in [-0.3, -0.25) is 0 Å². The van der Waals surface area contributed by atoms with Gasteiger partial charge in [-0.2, -0.15) is 0 Å². The second-order valence-corrected chi connectivity index (χ2v) is 5.28. The molecule has 16 heavy (non-hydrogen) atoms. The molecule has 1 aliphatic carbocycles. The van der Waals surface area contributed by atoms with Gasteiger partial charge < -0.3 is 5.73 Å². The van der Waals surface area contributed by atoms with Gasteiger partial charge in [-0.05, 0) is 43.7 Å². The van der Waals surface area contributed by atoms with E-state index in [1.165, 1.54) is 48.8 Å². The molecule has 0 saturated heterocycles. The molecule has 2 rings (SSSR count). The fourth-order valence-electron chi connectivity index (χ4n) is 2.87. The van der Waals surface area contributed by atoms with Crippen LogP contribution in [0.4, 0.5) is 0 Å². The lowest BCUT2D eigenvalue weighted by Gasteiger charge is -2.29. The van der Waals surface area contributed by atoms with Crippen molar-refractivity contribution in [3.8, 4) is 0 Å². The van der Waals surface area contributed by atoms with Crippen LogP contribution in [0.15, 0.2) is 18.2 Å². The molecule has 1 saturated carbocycles. The summed E-state index contributed by atoms with van der Waals surface area (Å²) < 4.78 is 0. The first-order valence-electron chi connectivity index (χ1n) is 6.51. The van der Waals surface area contributed by atoms with Gasteiger partial charge in [0.15, 0.2) is 0 Å². The lowest BCUT2D eigenvalue weighted by molar-refractivity contribution is 0.307. The lowest BCUT2D eigenvalue weighted by Crippen LogP contribution is -2.24. The highest BCUT2D eigenvalue weighted by molar-refractivity contribution is 5.33. The second-order valence-electron chi connectivity index (χ2n) is 5.28. The first-order chi connectivity index (χ1) is 7.68. The van der Waals surface area contributed by atoms with Crippen LogP contribution >= 0.6 is 0 Å². The number of nitrogens with two attached hydrogens (primary N) is 1. The Hall–Kier alpha value is -0.820. The van der Waals surface area contributed by atoms with Gasteiger partial charge in [0.05, 0.1) is 0 Å². The van der Waals surface area contributed by atoms with Crippen molar-refractivity contribution < 1.29 is 0 Å². The van der Waals surface area contributed by atoms with Crippen molar-refractivity contribution in [2.24, 2.45) is 11.7 Å². The Morgan fingerprint density at radius 1 is 1.12 bits per heavy atom. The molecule has 0 unspecified atom stereocenters. The van der Waals surface area contributed by atoms with E-state index in [2.05, 4.69) is 32.0 Å². The molecule has 1 aliphatic rings. The van der Waals surface area contributed by atoms with Crippen LogP contribution < -0.4 is 5.73 Å². The molecule has 0 radical (unpaired) electrons. The largest absolute Gasteiger partial charge is 0.324 e. The van der Waals surface area contributed by atoms with Gasteiger partial charge in [-0.15, -0.1) is 0 Å². The molecule has 0 aliphatic heterocycles. The number of hydrogen-bond donors (Lipinski definition) is 1. The van der Waals surface area contributed by atoms with Gasteiger partial charge in [0, 0.05) is 6.04 Å². The van der Waals surface area contributed by atoms with E-state index in [1.54, 1.807) is 0 Å². The summed E-state index contributed by atoms with van der Waals surface area (Å²) in [5.41, 5.74) is 10.5. The minimum atomic E-state index is 0.250. The smallest absolute Gasteiger partial charge is 0.0326 e. The average Bonchev–Trinajstić information content (AvgIpc) is 2.32. The number of rotatable bonds is 2. The Balaban J connectivity index is 2.18. The summed E-state index contributed by atoms with van der Waals surface area (Å²) in [4.78, 5) is 0. The summed E-state index contributed by atoms with van der Waals surface area (Å²) in [5, 5.41) is 0. The third kappa shape index (κ3) is 2.46. The Bertz CT molecular complexity index is 350. The first kappa shape index (κ1) is 11.7. The topological polar surface area (TPSA) is 26.0 Å². The molecule has 1 fully saturated rings. The van der Waals surface area contributed by atoms with E-state index in [4.69, 9.17) is 5.73 Å². The third-order valence-corrected chi connectivity index (χ3v) is 3.95. The van der Waals surface area contributed by atoms with Crippen molar-refractivity contribution >= 4 is 0 Å². The Morgan fingerprint density at radius 2 is 1.81 bits per heavy atom. The van der Waals surface area contributed by atoms with Crippen LogP contribution in [0.3, 0.4) is 0 Å². The summed E-state index contributed by atoms with van der Waals surface area (Å²) in [5.74, 6) is 0.703. The van der Waals surface area contributed by atoms with E-state index in [-0.39, 0.29) is 6.04 Å². The average molecular weight is 217 g/mol. The zero-order chi connectivity index (χ0) is 11.5. The molecule has 0 spiro atoms. The van der Waals surface area contributed by atoms with Crippen LogP contribution in [-0.4, -0.2) is 0 Å². The van der Waals surface area contributed by atoms with Gasteiger partial charge >= 0.3 is 0 Å². The van der Waals surface area contributed by atoms with Gasteiger partial charge in [-0.1, -0.05) is 43.0 Å². The van der Waals surface area contributed by atoms with Crippen molar-refractivity contribution in [3.05, 3.63) is 34.9 Å². The van der Waals surface area contributed by atoms with Crippen molar-refractivity contribution in [2.75, 3.05) is 0 Å². The Morgan fingerprint density at radius 3 is 2.50 bits per heavy atom. The SMILES string of the molecule is Cc1ccc(C)c([C@H](N)C2CCCCC2)c1. The van der Waals surface area contributed by atoms with E-state index in [0.29, 0.717) is 5.92 Å². The molecule has 1 heteroatoms. The van der Waals surface area contributed by atoms with E-state index >= 15 is 0 Å². The number of hydrogen-bond acceptors (Lipinski definition) is 1. The van der Waals surface area contributed by atoms with E-state index in [9.17, 15) is 0 Å². The van der Waals surface area contributed by atoms with Crippen LogP contribution in [0.2, 0.25) is 0 Å². The van der Waals surface area contributed by atoms with Crippen LogP contribution in [0.25, 0.3) is 0 Å². The highest BCUT2D eigenvalue weighted by Gasteiger charge is 2.22. The molecule has 0 bridgehead atoms. The van der Waals surface area contributed by atoms with Crippen LogP contribution in [0.1, 0.15) is 54.8 Å². The molecule has 1 atom stereocenters. The predicted molar refractivity (Wildman–Crippen MR) is 69.4 cm³/mol. The zero-order valence-corrected chi connectivity index (χ0v) is 10.5. The minimum Gasteiger partial charge on any atom is -0.324 e. The first-order valence-corrected chi connectivity index (χ1v) is 6.51. The van der Waals surface area contributed by atoms with Gasteiger partial charge in [0.25, 0.3) is 0 Å². The maximum atomic E-state index is 6.44. The summed E-state index contributed by atoms with van der Waals surface area (Å²) in [6.45, 7) is 4.33. The second kappa shape index (κ2) is 5.01. The molecular formula is C15H23N. The highest BCUT2D eigenvalue weighted by Crippen LogP contribution is 2.34. The van der Waals surface area contributed by atoms with Crippen molar-refractivity contribution in [1.29, 1.82) is 0 Å². The summed E-state index contributed by atoms with van der Waals surface area (Å²) in [6.07, 6.45) is 6.76. The molecule has 2 N–H and O–H groups in total. The summed E-state index contributed by atoms with van der Waals surface area (Å²) in [6, 6.07) is 6.90. The maximum absolute atomic E-state index is 6.44. The normalized spacial score (nSPS) is 19.7. The van der Waals surface area contributed by atoms with E-state index < -0.39 is 0 Å². The van der Waals surface area contributed by atoms with Crippen LogP contribution in [0.5, 0.6) is 0 Å². The van der Waals surface area contributed by atoms with E-state index in [0.717, 1.165) is 0 Å². The van der Waals surface area contributed by atoms with Gasteiger partial charge in [-0.25, -0.2) is 0 Å². The van der Waals surface area contributed by atoms with Crippen molar-refractivity contribution in [2.45, 2.75) is 52.0 Å². The standard InChI is InChI=1S/C15H23N/c1-11-8-9-12(2)14(10-11)15(16)13-6-4-3-5-7-13/h8-10,13,15H,3-7,16H2,1-2H3/t15-/m1/s1. The lowest BCUT2D eigenvalue weighted by atomic mass is 9.80. The quantitative estimate of drug-likeness (QED) is 0.799. The van der Waals surface area contributed by atoms with Crippen molar-refractivity contribution in [3.63, 3.8) is 0 Å². The fourth-order valence-corrected chi connectivity index (χ4v) is 2.87. The molecule has 0 aromatic heterocycles. The Labute approximate surface area is 99.0 Å². The minimum absolute atomic E-state index is 0.250. The monoisotopic (exact) mass is 217 g/mol. The predicted octanol–water partition coefficient (Wildman–Crippen LogP) is 3.88.